The lowest BCUT2D eigenvalue weighted by Gasteiger charge is -2.20. The van der Waals surface area contributed by atoms with Gasteiger partial charge in [0.1, 0.15) is 17.3 Å². The number of hydrogen-bond donors (Lipinski definition) is 0. The first-order chi connectivity index (χ1) is 16.8. The predicted molar refractivity (Wildman–Crippen MR) is 137 cm³/mol. The first kappa shape index (κ1) is 21.8. The second kappa shape index (κ2) is 10.3. The smallest absolute Gasteiger partial charge is 0.121 e. The molecule has 34 heavy (non-hydrogen) atoms. The fourth-order valence-corrected chi connectivity index (χ4v) is 4.42. The maximum absolute atomic E-state index is 6.00. The van der Waals surface area contributed by atoms with Crippen LogP contribution in [0.5, 0.6) is 11.5 Å². The average molecular weight is 449 g/mol. The SMILES string of the molecule is COc1ccc(OCCCn2c(C(c3ccccc3)c3ccccc3)nc3ccccc32)cc1. The summed E-state index contributed by atoms with van der Waals surface area (Å²) in [6.45, 7) is 1.45. The number of nitrogens with zero attached hydrogens (tertiary/aromatic N) is 2. The van der Waals surface area contributed by atoms with Crippen LogP contribution in [0.2, 0.25) is 0 Å². The Hall–Kier alpha value is -4.05. The zero-order valence-electron chi connectivity index (χ0n) is 19.3. The molecule has 4 heteroatoms. The highest BCUT2D eigenvalue weighted by Gasteiger charge is 2.23. The van der Waals surface area contributed by atoms with E-state index < -0.39 is 0 Å². The van der Waals surface area contributed by atoms with Gasteiger partial charge in [-0.05, 0) is 53.9 Å². The van der Waals surface area contributed by atoms with Gasteiger partial charge in [0, 0.05) is 6.54 Å². The largest absolute Gasteiger partial charge is 0.497 e. The molecule has 0 aliphatic rings. The van der Waals surface area contributed by atoms with Crippen molar-refractivity contribution in [3.63, 3.8) is 0 Å². The van der Waals surface area contributed by atoms with E-state index in [-0.39, 0.29) is 5.92 Å². The molecular weight excluding hydrogens is 420 g/mol. The van der Waals surface area contributed by atoms with E-state index in [2.05, 4.69) is 89.5 Å². The lowest BCUT2D eigenvalue weighted by molar-refractivity contribution is 0.301. The molecule has 4 aromatic carbocycles. The molecule has 170 valence electrons. The van der Waals surface area contributed by atoms with E-state index in [9.17, 15) is 0 Å². The van der Waals surface area contributed by atoms with Gasteiger partial charge in [-0.25, -0.2) is 4.98 Å². The number of fused-ring (bicyclic) bond motifs is 1. The van der Waals surface area contributed by atoms with Crippen molar-refractivity contribution >= 4 is 11.0 Å². The molecule has 0 fully saturated rings. The molecule has 5 aromatic rings. The van der Waals surface area contributed by atoms with Gasteiger partial charge in [0.15, 0.2) is 0 Å². The third kappa shape index (κ3) is 4.67. The summed E-state index contributed by atoms with van der Waals surface area (Å²) >= 11 is 0. The maximum atomic E-state index is 6.00. The number of aryl methyl sites for hydroxylation is 1. The molecule has 0 atom stereocenters. The van der Waals surface area contributed by atoms with Crippen molar-refractivity contribution < 1.29 is 9.47 Å². The molecule has 0 N–H and O–H groups in total. The summed E-state index contributed by atoms with van der Waals surface area (Å²) in [4.78, 5) is 5.13. The van der Waals surface area contributed by atoms with Crippen molar-refractivity contribution in [3.05, 3.63) is 126 Å². The Morgan fingerprint density at radius 3 is 1.94 bits per heavy atom. The lowest BCUT2D eigenvalue weighted by atomic mass is 9.90. The zero-order chi connectivity index (χ0) is 23.2. The van der Waals surface area contributed by atoms with Gasteiger partial charge in [0.25, 0.3) is 0 Å². The topological polar surface area (TPSA) is 36.3 Å². The maximum Gasteiger partial charge on any atom is 0.121 e. The van der Waals surface area contributed by atoms with Gasteiger partial charge in [-0.3, -0.25) is 0 Å². The number of ether oxygens (including phenoxy) is 2. The molecule has 4 nitrogen and oxygen atoms in total. The van der Waals surface area contributed by atoms with Crippen LogP contribution in [0.4, 0.5) is 0 Å². The summed E-state index contributed by atoms with van der Waals surface area (Å²) in [7, 11) is 1.67. The number of aromatic nitrogens is 2. The van der Waals surface area contributed by atoms with E-state index in [1.165, 1.54) is 11.1 Å². The van der Waals surface area contributed by atoms with Gasteiger partial charge in [-0.1, -0.05) is 72.8 Å². The average Bonchev–Trinajstić information content (AvgIpc) is 3.26. The van der Waals surface area contributed by atoms with Crippen molar-refractivity contribution in [2.75, 3.05) is 13.7 Å². The van der Waals surface area contributed by atoms with Crippen LogP contribution in [-0.2, 0) is 6.54 Å². The summed E-state index contributed by atoms with van der Waals surface area (Å²) < 4.78 is 13.6. The van der Waals surface area contributed by atoms with Crippen LogP contribution in [0.1, 0.15) is 29.3 Å². The fourth-order valence-electron chi connectivity index (χ4n) is 4.42. The Bertz CT molecular complexity index is 1290. The molecular formula is C30H28N2O2. The van der Waals surface area contributed by atoms with Crippen LogP contribution in [0.25, 0.3) is 11.0 Å². The van der Waals surface area contributed by atoms with Crippen molar-refractivity contribution in [2.45, 2.75) is 18.9 Å². The summed E-state index contributed by atoms with van der Waals surface area (Å²) in [6, 6.07) is 37.4. The Morgan fingerprint density at radius 2 is 1.29 bits per heavy atom. The van der Waals surface area contributed by atoms with Crippen LogP contribution >= 0.6 is 0 Å². The van der Waals surface area contributed by atoms with Crippen LogP contribution < -0.4 is 9.47 Å². The molecule has 0 spiro atoms. The molecule has 1 heterocycles. The van der Waals surface area contributed by atoms with Crippen molar-refractivity contribution in [1.82, 2.24) is 9.55 Å². The molecule has 0 aliphatic carbocycles. The van der Waals surface area contributed by atoms with Gasteiger partial charge in [0.2, 0.25) is 0 Å². The minimum absolute atomic E-state index is 0.0531. The predicted octanol–water partition coefficient (Wildman–Crippen LogP) is 6.69. The van der Waals surface area contributed by atoms with Crippen molar-refractivity contribution in [1.29, 1.82) is 0 Å². The number of para-hydroxylation sites is 2. The molecule has 0 saturated heterocycles. The molecule has 5 rings (SSSR count). The van der Waals surface area contributed by atoms with E-state index in [0.29, 0.717) is 6.61 Å². The number of rotatable bonds is 9. The quantitative estimate of drug-likeness (QED) is 0.236. The molecule has 0 aliphatic heterocycles. The van der Waals surface area contributed by atoms with E-state index in [1.54, 1.807) is 7.11 Å². The van der Waals surface area contributed by atoms with Crippen LogP contribution in [0.15, 0.2) is 109 Å². The molecule has 1 aromatic heterocycles. The molecule has 0 radical (unpaired) electrons. The Kier molecular flexibility index (Phi) is 6.57. The van der Waals surface area contributed by atoms with Gasteiger partial charge < -0.3 is 14.0 Å². The molecule has 0 bridgehead atoms. The Labute approximate surface area is 200 Å². The van der Waals surface area contributed by atoms with E-state index in [1.807, 2.05) is 24.3 Å². The third-order valence-corrected chi connectivity index (χ3v) is 6.06. The monoisotopic (exact) mass is 448 g/mol. The molecule has 0 amide bonds. The summed E-state index contributed by atoms with van der Waals surface area (Å²) in [5.74, 6) is 2.79. The van der Waals surface area contributed by atoms with Gasteiger partial charge in [0.05, 0.1) is 30.7 Å². The minimum Gasteiger partial charge on any atom is -0.497 e. The molecule has 0 unspecified atom stereocenters. The summed E-state index contributed by atoms with van der Waals surface area (Å²) in [5.41, 5.74) is 4.64. The van der Waals surface area contributed by atoms with E-state index in [0.717, 1.165) is 41.3 Å². The van der Waals surface area contributed by atoms with Gasteiger partial charge >= 0.3 is 0 Å². The van der Waals surface area contributed by atoms with Gasteiger partial charge in [-0.2, -0.15) is 0 Å². The number of benzene rings is 4. The fraction of sp³-hybridized carbons (Fsp3) is 0.167. The lowest BCUT2D eigenvalue weighted by Crippen LogP contribution is -2.13. The highest BCUT2D eigenvalue weighted by molar-refractivity contribution is 5.76. The second-order valence-corrected chi connectivity index (χ2v) is 8.24. The van der Waals surface area contributed by atoms with Crippen LogP contribution in [-0.4, -0.2) is 23.3 Å². The standard InChI is InChI=1S/C30H28N2O2/c1-33-25-17-19-26(20-18-25)34-22-10-21-32-28-16-9-8-15-27(28)31-30(32)29(23-11-4-2-5-12-23)24-13-6-3-7-14-24/h2-9,11-20,29H,10,21-22H2,1H3. The van der Waals surface area contributed by atoms with Crippen molar-refractivity contribution in [3.8, 4) is 11.5 Å². The Morgan fingerprint density at radius 1 is 0.706 bits per heavy atom. The second-order valence-electron chi connectivity index (χ2n) is 8.24. The zero-order valence-corrected chi connectivity index (χ0v) is 19.3. The number of hydrogen-bond acceptors (Lipinski definition) is 3. The van der Waals surface area contributed by atoms with Crippen LogP contribution in [0.3, 0.4) is 0 Å². The highest BCUT2D eigenvalue weighted by atomic mass is 16.5. The normalized spacial score (nSPS) is 11.1. The first-order valence-corrected chi connectivity index (χ1v) is 11.7. The summed E-state index contributed by atoms with van der Waals surface area (Å²) in [5, 5.41) is 0. The molecule has 0 saturated carbocycles. The Balaban J connectivity index is 1.45. The number of methoxy groups -OCH3 is 1. The highest BCUT2D eigenvalue weighted by Crippen LogP contribution is 2.33. The summed E-state index contributed by atoms with van der Waals surface area (Å²) in [6.07, 6.45) is 0.871. The van der Waals surface area contributed by atoms with E-state index in [4.69, 9.17) is 14.5 Å². The van der Waals surface area contributed by atoms with Crippen LogP contribution in [0, 0.1) is 0 Å². The first-order valence-electron chi connectivity index (χ1n) is 11.7. The van der Waals surface area contributed by atoms with E-state index >= 15 is 0 Å². The number of imidazole rings is 1. The minimum atomic E-state index is 0.0531. The van der Waals surface area contributed by atoms with Crippen molar-refractivity contribution in [2.24, 2.45) is 0 Å². The third-order valence-electron chi connectivity index (χ3n) is 6.06. The van der Waals surface area contributed by atoms with Gasteiger partial charge in [-0.15, -0.1) is 0 Å².